The number of phenolic OH excluding ortho intramolecular Hbond substituents is 4. The molecule has 11 atom stereocenters. The minimum atomic E-state index is -1.42. The largest absolute Gasteiger partial charge is 2.00 e. The minimum Gasteiger partial charge on any atom is -0.679 e. The topological polar surface area (TPSA) is 640 Å². The molecule has 2 saturated carbocycles. The number of aryl methyl sites for hydroxylation is 8. The molecular formula is C79H125Ac2Cl7Co4I5N8O23-. The van der Waals surface area contributed by atoms with Crippen LogP contribution in [0.25, 0.3) is 22.9 Å². The number of epoxide rings is 3. The number of nitrogens with zero attached hydrogens (tertiary/aromatic N) is 4. The van der Waals surface area contributed by atoms with E-state index in [2.05, 4.69) is 79.2 Å². The predicted molar refractivity (Wildman–Crippen MR) is 528 cm³/mol. The average Bonchev–Trinajstić information content (AvgIpc) is 1.06. The maximum atomic E-state index is 10.5. The van der Waals surface area contributed by atoms with Gasteiger partial charge in [0, 0.05) is 206 Å². The van der Waals surface area contributed by atoms with Crippen molar-refractivity contribution < 1.29 is 286 Å². The first-order chi connectivity index (χ1) is 55.2. The minimum absolute atomic E-state index is 0. The fraction of sp³-hybridized carbons (Fsp3) is 0.532. The van der Waals surface area contributed by atoms with Crippen molar-refractivity contribution >= 4 is 186 Å². The van der Waals surface area contributed by atoms with E-state index in [1.54, 1.807) is 37.0 Å². The van der Waals surface area contributed by atoms with E-state index in [4.69, 9.17) is 179 Å². The molecule has 49 heteroatoms. The summed E-state index contributed by atoms with van der Waals surface area (Å²) >= 11 is 46.6. The molecule has 6 aliphatic rings. The van der Waals surface area contributed by atoms with Gasteiger partial charge in [0.1, 0.15) is 29.1 Å². The molecule has 128 heavy (non-hydrogen) atoms. The molecule has 5 fully saturated rings. The van der Waals surface area contributed by atoms with Gasteiger partial charge in [-0.05, 0) is 162 Å². The smallest absolute Gasteiger partial charge is 0.679 e. The van der Waals surface area contributed by atoms with E-state index in [9.17, 15) is 25.2 Å². The Hall–Kier alpha value is 2.62. The number of carbonyl (C=O) groups is 1. The van der Waals surface area contributed by atoms with Crippen LogP contribution in [-0.4, -0.2) is 287 Å². The number of alkyl halides is 5. The Balaban J connectivity index is -0.0000000994. The van der Waals surface area contributed by atoms with Crippen molar-refractivity contribution in [1.29, 1.82) is 0 Å². The molecule has 0 bridgehead atoms. The molecule has 1 unspecified atom stereocenters. The number of ether oxygens (including phenoxy) is 4. The Morgan fingerprint density at radius 3 is 0.805 bits per heavy atom. The third-order valence-electron chi connectivity index (χ3n) is 16.0. The molecule has 28 N–H and O–H groups in total. The van der Waals surface area contributed by atoms with Gasteiger partial charge in [-0.25, -0.2) is 4.79 Å². The fourth-order valence-electron chi connectivity index (χ4n) is 9.78. The molecule has 6 radical (unpaired) electrons. The van der Waals surface area contributed by atoms with E-state index in [0.717, 1.165) is 138 Å². The summed E-state index contributed by atoms with van der Waals surface area (Å²) in [5, 5.41) is 110. The molecule has 0 amide bonds. The molecular weight excluding hydrogens is 3000 g/mol. The SMILES string of the molecule is Cc1cc(C)c(O)c(C=N[C@H]2CCCC[C@@H]2N=Cc2cc(C)cc(C)c2O)c1.Cc1cc(C)c(O)c(C=N[C@H]2CCCC[C@@H]2N=Cc2cc(C)cc(C)c2O)c1.ClCC1CO1.ClC[C@H]1CO1.ClC[C@H]1CO1.Clc1ccccc1Cl.II.I[I-]I.O.O.O.O.O.O.O=C1O[C@H]([C@@H](O)CO)C(O)=C1O.OC[C@H](O)CCl.OC[C@H](O)CCl.[Ac].[Ac].[Co+2].[Co+2].[Co].[Co].[NH-]CC[NH-].[NH-]CC[NH-]. The number of esters is 1. The van der Waals surface area contributed by atoms with Crippen LogP contribution < -0.4 is 13.3 Å². The number of aliphatic hydroxyl groups excluding tert-OH is 8. The molecule has 2 aliphatic carbocycles. The second-order valence-electron chi connectivity index (χ2n) is 26.1. The van der Waals surface area contributed by atoms with Gasteiger partial charge in [0.25, 0.3) is 0 Å². The second kappa shape index (κ2) is 99.7. The van der Waals surface area contributed by atoms with Gasteiger partial charge in [-0.3, -0.25) is 20.0 Å². The van der Waals surface area contributed by atoms with Gasteiger partial charge in [-0.2, -0.15) is 26.2 Å². The van der Waals surface area contributed by atoms with Crippen LogP contribution in [0.15, 0.2) is 104 Å². The number of carbonyl (C=O) groups excluding carboxylic acids is 1. The fourth-order valence-corrected chi connectivity index (χ4v) is 10.8. The molecule has 5 aromatic carbocycles. The first kappa shape index (κ1) is 161. The molecule has 746 valence electrons. The van der Waals surface area contributed by atoms with Crippen molar-refractivity contribution in [3.63, 3.8) is 0 Å². The summed E-state index contributed by atoms with van der Waals surface area (Å²) in [6.07, 6.45) is 12.6. The number of phenols is 4. The number of hydrogen-bond acceptors (Lipinski definition) is 21. The van der Waals surface area contributed by atoms with E-state index in [1.165, 1.54) is 0 Å². The molecule has 4 aliphatic heterocycles. The molecule has 0 spiro atoms. The number of halogens is 12. The Morgan fingerprint density at radius 1 is 0.453 bits per heavy atom. The van der Waals surface area contributed by atoms with E-state index < -0.39 is 48.5 Å². The molecule has 31 nitrogen and oxygen atoms in total. The van der Waals surface area contributed by atoms with Crippen molar-refractivity contribution in [1.82, 2.24) is 0 Å². The van der Waals surface area contributed by atoms with Crippen molar-refractivity contribution in [2.75, 3.05) is 95.2 Å². The second-order valence-corrected chi connectivity index (χ2v) is 44.7. The van der Waals surface area contributed by atoms with Crippen LogP contribution in [0, 0.1) is 144 Å². The number of aliphatic imine (C=N–C) groups is 4. The first-order valence-corrected chi connectivity index (χ1v) is 58.7. The average molecular weight is 3130 g/mol. The van der Waals surface area contributed by atoms with Crippen LogP contribution in [0.4, 0.5) is 0 Å². The third-order valence-corrected chi connectivity index (χ3v) is 18.5. The monoisotopic (exact) mass is 3120 g/mol. The van der Waals surface area contributed by atoms with E-state index >= 15 is 0 Å². The van der Waals surface area contributed by atoms with Crippen molar-refractivity contribution in [2.45, 2.75) is 174 Å². The van der Waals surface area contributed by atoms with Crippen LogP contribution in [-0.2, 0) is 90.9 Å². The molecule has 5 aromatic rings. The number of rotatable bonds is 19. The number of cyclic esters (lactones) is 1. The van der Waals surface area contributed by atoms with Gasteiger partial charge >= 0.3 is 90.0 Å². The molecule has 0 aromatic heterocycles. The van der Waals surface area contributed by atoms with Crippen molar-refractivity contribution in [3.05, 3.63) is 184 Å². The zero-order valence-corrected chi connectivity index (χ0v) is 101. The van der Waals surface area contributed by atoms with Gasteiger partial charge in [-0.15, -0.1) is 58.0 Å². The van der Waals surface area contributed by atoms with E-state index in [-0.39, 0.29) is 263 Å². The number of benzene rings is 5. The standard InChI is InChI=1S/2C24H30N2O2.C6H4Cl2.C6H8O6.2C3H7ClO2.3C3H5ClO.2C2H6N2.2Ac.4Co.I3.I2.6H2O/c2*1-15-9-17(3)23(27)19(11-15)13-25-21-7-5-6-8-22(21)26-14-20-12-16(2)10-18(4)24(20)28;7-5-3-1-2-4-6(5)8;7-1-2(8)5-3(9)4(10)6(11)12-5;2*4-1-3(6)2-5;3*4-1-3-2-5-3;2*3-1-2-4;;;;;;;1-3-2;1-2;;;;;;/h2*9-14,21-22,27-28H,5-8H2,1-4H3;1-4H;2,5,7-10H,1H2;2*3,5-6H,1-2H2;3*3H,1-2H2;2*3-4H,1-2H2;;;;;;;;;6*1H2/q;;;;;;;;;2*-2;;;;;2*+2;-1;;;;;;;/t2*21-,22-;;2-,5+;4*3-;;;;;;;;;;;;;;;;;/m00.01100................./s1. The molecule has 11 rings (SSSR count). The van der Waals surface area contributed by atoms with Gasteiger partial charge < -0.3 is 136 Å². The van der Waals surface area contributed by atoms with Crippen LogP contribution >= 0.6 is 156 Å². The number of nitrogens with one attached hydrogen (secondary N) is 4. The predicted octanol–water partition coefficient (Wildman–Crippen LogP) is 10.7. The van der Waals surface area contributed by atoms with Crippen LogP contribution in [0.2, 0.25) is 10.0 Å². The zero-order valence-electron chi connectivity index (χ0n) is 71.6. The number of aromatic hydroxyl groups is 4. The van der Waals surface area contributed by atoms with Gasteiger partial charge in [0.2, 0.25) is 5.76 Å². The van der Waals surface area contributed by atoms with Gasteiger partial charge in [0.15, 0.2) is 11.9 Å². The normalized spacial score (nSPS) is 17.9. The number of hydrogen-bond donors (Lipinski definition) is 12. The third kappa shape index (κ3) is 75.5. The first-order valence-electron chi connectivity index (χ1n) is 36.4. The van der Waals surface area contributed by atoms with Crippen molar-refractivity contribution in [2.24, 2.45) is 20.0 Å². The summed E-state index contributed by atoms with van der Waals surface area (Å²) in [4.78, 5) is 29.7. The maximum Gasteiger partial charge on any atom is 2.00 e. The summed E-state index contributed by atoms with van der Waals surface area (Å²) in [7, 11) is 0. The van der Waals surface area contributed by atoms with Crippen molar-refractivity contribution in [3.8, 4) is 23.0 Å². The zero-order chi connectivity index (χ0) is 88.4. The van der Waals surface area contributed by atoms with E-state index in [1.807, 2.05) is 116 Å². The van der Waals surface area contributed by atoms with E-state index in [0.29, 0.717) is 82.3 Å². The maximum absolute atomic E-state index is 10.5. The van der Waals surface area contributed by atoms with Crippen LogP contribution in [0.3, 0.4) is 0 Å². The summed E-state index contributed by atoms with van der Waals surface area (Å²) in [6.45, 7) is 18.1. The Labute approximate surface area is 954 Å². The van der Waals surface area contributed by atoms with Crippen LogP contribution in [0.1, 0.15) is 118 Å². The van der Waals surface area contributed by atoms with Gasteiger partial charge in [0.05, 0.1) is 134 Å². The summed E-state index contributed by atoms with van der Waals surface area (Å²) < 4.78 is 18.5. The quantitative estimate of drug-likeness (QED) is 0.0120. The summed E-state index contributed by atoms with van der Waals surface area (Å²) in [6, 6.07) is 23.3. The molecule has 4 heterocycles. The molecule has 3 saturated heterocycles. The Morgan fingerprint density at radius 2 is 0.672 bits per heavy atom. The summed E-state index contributed by atoms with van der Waals surface area (Å²) in [5.74, 6) is 0.623. The van der Waals surface area contributed by atoms with Gasteiger partial charge in [-0.1, -0.05) is 85.3 Å². The summed E-state index contributed by atoms with van der Waals surface area (Å²) in [5.41, 5.74) is 36.0. The Kier molecular flexibility index (Phi) is 126. The Bertz CT molecular complexity index is 3340. The van der Waals surface area contributed by atoms with Crippen LogP contribution in [0.5, 0.6) is 23.0 Å². The number of aliphatic hydroxyl groups is 8.